The normalized spacial score (nSPS) is 10.1. The van der Waals surface area contributed by atoms with Gasteiger partial charge in [0.25, 0.3) is 5.56 Å². The van der Waals surface area contributed by atoms with E-state index in [0.717, 1.165) is 0 Å². The minimum atomic E-state index is -0.564. The predicted octanol–water partition coefficient (Wildman–Crippen LogP) is -1.44. The van der Waals surface area contributed by atoms with Crippen molar-refractivity contribution in [3.63, 3.8) is 0 Å². The molecule has 1 heterocycles. The second-order valence-electron chi connectivity index (χ2n) is 3.14. The van der Waals surface area contributed by atoms with Crippen molar-refractivity contribution in [1.29, 1.82) is 0 Å². The molecule has 0 bridgehead atoms. The van der Waals surface area contributed by atoms with Crippen molar-refractivity contribution in [3.8, 4) is 0 Å². The third kappa shape index (κ3) is 2.80. The molecule has 7 nitrogen and oxygen atoms in total. The van der Waals surface area contributed by atoms with E-state index in [0.29, 0.717) is 5.56 Å². The number of carbonyl (C=O) groups is 1. The number of nitrogens with zero attached hydrogens (tertiary/aromatic N) is 1. The minimum absolute atomic E-state index is 0.0356. The Bertz CT molecular complexity index is 488. The molecular weight excluding hydrogens is 214 g/mol. The monoisotopic (exact) mass is 227 g/mol. The first-order valence-electron chi connectivity index (χ1n) is 4.68. The van der Waals surface area contributed by atoms with Gasteiger partial charge in [-0.25, -0.2) is 4.79 Å². The van der Waals surface area contributed by atoms with E-state index in [2.05, 4.69) is 9.72 Å². The fourth-order valence-electron chi connectivity index (χ4n) is 1.18. The minimum Gasteiger partial charge on any atom is -0.469 e. The number of hydrogen-bond donors (Lipinski definition) is 2. The van der Waals surface area contributed by atoms with E-state index in [4.69, 9.17) is 5.73 Å². The van der Waals surface area contributed by atoms with Crippen LogP contribution in [0.15, 0.2) is 15.8 Å². The number of H-pyrrole nitrogens is 1. The van der Waals surface area contributed by atoms with E-state index in [-0.39, 0.29) is 19.5 Å². The van der Waals surface area contributed by atoms with Gasteiger partial charge in [0, 0.05) is 24.8 Å². The van der Waals surface area contributed by atoms with Gasteiger partial charge in [-0.2, -0.15) is 0 Å². The number of aromatic amines is 1. The molecule has 1 aromatic rings. The fourth-order valence-corrected chi connectivity index (χ4v) is 1.18. The zero-order valence-electron chi connectivity index (χ0n) is 8.86. The Morgan fingerprint density at radius 3 is 2.81 bits per heavy atom. The van der Waals surface area contributed by atoms with Crippen LogP contribution in [0, 0.1) is 0 Å². The predicted molar refractivity (Wildman–Crippen MR) is 55.8 cm³/mol. The van der Waals surface area contributed by atoms with Crippen LogP contribution in [0.25, 0.3) is 0 Å². The first-order chi connectivity index (χ1) is 7.58. The van der Waals surface area contributed by atoms with Crippen molar-refractivity contribution >= 4 is 5.97 Å². The average molecular weight is 227 g/mol. The number of nitrogens with two attached hydrogens (primary N) is 1. The quantitative estimate of drug-likeness (QED) is 0.612. The van der Waals surface area contributed by atoms with Gasteiger partial charge in [0.15, 0.2) is 0 Å². The van der Waals surface area contributed by atoms with Crippen LogP contribution in [0.5, 0.6) is 0 Å². The number of rotatable bonds is 4. The van der Waals surface area contributed by atoms with Gasteiger partial charge in [0.05, 0.1) is 13.5 Å². The lowest BCUT2D eigenvalue weighted by Gasteiger charge is -2.05. The Labute approximate surface area is 90.8 Å². The molecule has 0 fully saturated rings. The van der Waals surface area contributed by atoms with Gasteiger partial charge < -0.3 is 10.5 Å². The second kappa shape index (κ2) is 5.26. The van der Waals surface area contributed by atoms with E-state index in [1.165, 1.54) is 17.9 Å². The molecule has 7 heteroatoms. The molecule has 16 heavy (non-hydrogen) atoms. The molecule has 1 aromatic heterocycles. The van der Waals surface area contributed by atoms with Crippen molar-refractivity contribution in [1.82, 2.24) is 9.55 Å². The maximum atomic E-state index is 11.3. The number of hydrogen-bond acceptors (Lipinski definition) is 5. The van der Waals surface area contributed by atoms with Crippen LogP contribution in [-0.4, -0.2) is 22.6 Å². The maximum absolute atomic E-state index is 11.3. The van der Waals surface area contributed by atoms with E-state index in [1.807, 2.05) is 0 Å². The van der Waals surface area contributed by atoms with Crippen molar-refractivity contribution in [3.05, 3.63) is 32.6 Å². The van der Waals surface area contributed by atoms with Crippen molar-refractivity contribution in [2.24, 2.45) is 5.73 Å². The van der Waals surface area contributed by atoms with Crippen LogP contribution in [0.3, 0.4) is 0 Å². The zero-order valence-corrected chi connectivity index (χ0v) is 8.86. The van der Waals surface area contributed by atoms with E-state index in [1.54, 1.807) is 0 Å². The van der Waals surface area contributed by atoms with Crippen LogP contribution < -0.4 is 17.0 Å². The van der Waals surface area contributed by atoms with Crippen molar-refractivity contribution in [2.75, 3.05) is 7.11 Å². The van der Waals surface area contributed by atoms with Gasteiger partial charge in [-0.15, -0.1) is 0 Å². The SMILES string of the molecule is COC(=O)CCn1cc(CN)c(=O)[nH]c1=O. The number of methoxy groups -OCH3 is 1. The Hall–Kier alpha value is -1.89. The number of aromatic nitrogens is 2. The number of esters is 1. The van der Waals surface area contributed by atoms with Crippen LogP contribution in [0.1, 0.15) is 12.0 Å². The van der Waals surface area contributed by atoms with E-state index >= 15 is 0 Å². The molecule has 0 unspecified atom stereocenters. The molecular formula is C9H13N3O4. The summed E-state index contributed by atoms with van der Waals surface area (Å²) < 4.78 is 5.66. The lowest BCUT2D eigenvalue weighted by atomic mass is 10.3. The molecule has 3 N–H and O–H groups in total. The van der Waals surface area contributed by atoms with Gasteiger partial charge >= 0.3 is 11.7 Å². The average Bonchev–Trinajstić information content (AvgIpc) is 2.27. The lowest BCUT2D eigenvalue weighted by Crippen LogP contribution is -2.33. The van der Waals surface area contributed by atoms with Gasteiger partial charge in [-0.3, -0.25) is 19.1 Å². The lowest BCUT2D eigenvalue weighted by molar-refractivity contribution is -0.140. The van der Waals surface area contributed by atoms with Crippen LogP contribution in [0.4, 0.5) is 0 Å². The Kier molecular flexibility index (Phi) is 4.01. The summed E-state index contributed by atoms with van der Waals surface area (Å²) in [5.41, 5.74) is 4.56. The first-order valence-corrected chi connectivity index (χ1v) is 4.68. The van der Waals surface area contributed by atoms with Crippen LogP contribution >= 0.6 is 0 Å². The first kappa shape index (κ1) is 12.2. The molecule has 0 spiro atoms. The zero-order chi connectivity index (χ0) is 12.1. The Morgan fingerprint density at radius 1 is 1.56 bits per heavy atom. The second-order valence-corrected chi connectivity index (χ2v) is 3.14. The van der Waals surface area contributed by atoms with Gasteiger partial charge in [0.2, 0.25) is 0 Å². The maximum Gasteiger partial charge on any atom is 0.328 e. The summed E-state index contributed by atoms with van der Waals surface area (Å²) >= 11 is 0. The molecule has 0 radical (unpaired) electrons. The highest BCUT2D eigenvalue weighted by Gasteiger charge is 2.05. The van der Waals surface area contributed by atoms with Crippen LogP contribution in [0.2, 0.25) is 0 Å². The standard InChI is InChI=1S/C9H13N3O4/c1-16-7(13)2-3-12-5-6(4-10)8(14)11-9(12)15/h5H,2-4,10H2,1H3,(H,11,14,15). The highest BCUT2D eigenvalue weighted by molar-refractivity contribution is 5.68. The highest BCUT2D eigenvalue weighted by Crippen LogP contribution is 1.91. The Balaban J connectivity index is 2.92. The number of carbonyl (C=O) groups excluding carboxylic acids is 1. The summed E-state index contributed by atoms with van der Waals surface area (Å²) in [6.45, 7) is 0.184. The fraction of sp³-hybridized carbons (Fsp3) is 0.444. The molecule has 0 saturated carbocycles. The third-order valence-corrected chi connectivity index (χ3v) is 2.09. The topological polar surface area (TPSA) is 107 Å². The molecule has 0 aliphatic carbocycles. The van der Waals surface area contributed by atoms with Gasteiger partial charge in [-0.1, -0.05) is 0 Å². The van der Waals surface area contributed by atoms with E-state index in [9.17, 15) is 14.4 Å². The summed E-state index contributed by atoms with van der Waals surface area (Å²) in [7, 11) is 1.27. The van der Waals surface area contributed by atoms with E-state index < -0.39 is 17.2 Å². The molecule has 0 aliphatic rings. The molecule has 88 valence electrons. The summed E-state index contributed by atoms with van der Waals surface area (Å²) in [6, 6.07) is 0. The molecule has 0 saturated heterocycles. The highest BCUT2D eigenvalue weighted by atomic mass is 16.5. The largest absolute Gasteiger partial charge is 0.469 e. The molecule has 0 aliphatic heterocycles. The van der Waals surface area contributed by atoms with Crippen molar-refractivity contribution < 1.29 is 9.53 Å². The molecule has 1 rings (SSSR count). The molecule has 0 aromatic carbocycles. The number of nitrogens with one attached hydrogen (secondary N) is 1. The summed E-state index contributed by atoms with van der Waals surface area (Å²) in [6.07, 6.45) is 1.41. The smallest absolute Gasteiger partial charge is 0.328 e. The van der Waals surface area contributed by atoms with Gasteiger partial charge in [0.1, 0.15) is 0 Å². The van der Waals surface area contributed by atoms with Crippen molar-refractivity contribution in [2.45, 2.75) is 19.5 Å². The summed E-state index contributed by atoms with van der Waals surface area (Å²) in [5, 5.41) is 0. The third-order valence-electron chi connectivity index (χ3n) is 2.09. The van der Waals surface area contributed by atoms with Crippen LogP contribution in [-0.2, 0) is 22.6 Å². The molecule has 0 atom stereocenters. The number of aryl methyl sites for hydroxylation is 1. The summed E-state index contributed by atoms with van der Waals surface area (Å²) in [4.78, 5) is 35.5. The molecule has 0 amide bonds. The Morgan fingerprint density at radius 2 is 2.25 bits per heavy atom. The number of ether oxygens (including phenoxy) is 1. The summed E-state index contributed by atoms with van der Waals surface area (Å²) in [5.74, 6) is -0.424. The van der Waals surface area contributed by atoms with Gasteiger partial charge in [-0.05, 0) is 0 Å².